The monoisotopic (exact) mass is 284 g/mol. The van der Waals surface area contributed by atoms with Gasteiger partial charge in [0.15, 0.2) is 0 Å². The van der Waals surface area contributed by atoms with Crippen LogP contribution in [0.5, 0.6) is 0 Å². The lowest BCUT2D eigenvalue weighted by atomic mass is 9.79. The topological polar surface area (TPSA) is 0 Å². The fourth-order valence-electron chi connectivity index (χ4n) is 3.57. The molecule has 0 N–H and O–H groups in total. The SMILES string of the molecule is CCCCCCCCCCC1=Cc2ccccc2C1(C)C. The third-order valence-corrected chi connectivity index (χ3v) is 5.07. The zero-order valence-corrected chi connectivity index (χ0v) is 14.3. The molecule has 0 spiro atoms. The van der Waals surface area contributed by atoms with Crippen LogP contribution >= 0.6 is 0 Å². The molecule has 0 heteroatoms. The fraction of sp³-hybridized carbons (Fsp3) is 0.619. The zero-order valence-electron chi connectivity index (χ0n) is 14.3. The Hall–Kier alpha value is -1.04. The van der Waals surface area contributed by atoms with Crippen LogP contribution in [0.2, 0.25) is 0 Å². The molecule has 0 unspecified atom stereocenters. The van der Waals surface area contributed by atoms with Crippen molar-refractivity contribution in [1.29, 1.82) is 0 Å². The van der Waals surface area contributed by atoms with Crippen LogP contribution in [0.3, 0.4) is 0 Å². The van der Waals surface area contributed by atoms with Gasteiger partial charge in [0.25, 0.3) is 0 Å². The molecule has 0 radical (unpaired) electrons. The lowest BCUT2D eigenvalue weighted by Gasteiger charge is -2.24. The van der Waals surface area contributed by atoms with Crippen molar-refractivity contribution in [3.05, 3.63) is 41.0 Å². The molecule has 1 aromatic carbocycles. The highest BCUT2D eigenvalue weighted by Crippen LogP contribution is 2.43. The van der Waals surface area contributed by atoms with E-state index < -0.39 is 0 Å². The fourth-order valence-corrected chi connectivity index (χ4v) is 3.57. The quantitative estimate of drug-likeness (QED) is 0.433. The average Bonchev–Trinajstić information content (AvgIpc) is 2.74. The van der Waals surface area contributed by atoms with E-state index in [4.69, 9.17) is 0 Å². The van der Waals surface area contributed by atoms with Crippen molar-refractivity contribution in [2.24, 2.45) is 0 Å². The van der Waals surface area contributed by atoms with Gasteiger partial charge in [0.05, 0.1) is 0 Å². The number of hydrogen-bond acceptors (Lipinski definition) is 0. The Balaban J connectivity index is 1.70. The molecule has 0 atom stereocenters. The lowest BCUT2D eigenvalue weighted by Crippen LogP contribution is -2.17. The third kappa shape index (κ3) is 4.22. The normalized spacial score (nSPS) is 15.9. The summed E-state index contributed by atoms with van der Waals surface area (Å²) in [5, 5.41) is 0. The molecular weight excluding hydrogens is 252 g/mol. The van der Waals surface area contributed by atoms with Gasteiger partial charge in [0, 0.05) is 5.41 Å². The van der Waals surface area contributed by atoms with Crippen LogP contribution in [-0.4, -0.2) is 0 Å². The summed E-state index contributed by atoms with van der Waals surface area (Å²) in [6, 6.07) is 8.89. The van der Waals surface area contributed by atoms with E-state index in [0.29, 0.717) is 0 Å². The average molecular weight is 284 g/mol. The molecule has 2 rings (SSSR count). The molecule has 1 aliphatic carbocycles. The largest absolute Gasteiger partial charge is 0.0654 e. The third-order valence-electron chi connectivity index (χ3n) is 5.07. The summed E-state index contributed by atoms with van der Waals surface area (Å²) >= 11 is 0. The van der Waals surface area contributed by atoms with Crippen LogP contribution in [-0.2, 0) is 5.41 Å². The molecule has 0 fully saturated rings. The van der Waals surface area contributed by atoms with Crippen molar-refractivity contribution in [3.63, 3.8) is 0 Å². The van der Waals surface area contributed by atoms with Crippen molar-refractivity contribution in [3.8, 4) is 0 Å². The Morgan fingerprint density at radius 1 is 0.810 bits per heavy atom. The lowest BCUT2D eigenvalue weighted by molar-refractivity contribution is 0.551. The summed E-state index contributed by atoms with van der Waals surface area (Å²) in [5.41, 5.74) is 4.84. The van der Waals surface area contributed by atoms with Crippen LogP contribution in [0.25, 0.3) is 6.08 Å². The van der Waals surface area contributed by atoms with Crippen LogP contribution in [0, 0.1) is 0 Å². The Morgan fingerprint density at radius 3 is 2.10 bits per heavy atom. The van der Waals surface area contributed by atoms with Gasteiger partial charge in [-0.3, -0.25) is 0 Å². The Morgan fingerprint density at radius 2 is 1.43 bits per heavy atom. The van der Waals surface area contributed by atoms with Crippen LogP contribution < -0.4 is 0 Å². The van der Waals surface area contributed by atoms with E-state index in [1.54, 1.807) is 5.57 Å². The van der Waals surface area contributed by atoms with E-state index in [-0.39, 0.29) is 5.41 Å². The summed E-state index contributed by atoms with van der Waals surface area (Å²) in [6.45, 7) is 7.06. The van der Waals surface area contributed by atoms with Gasteiger partial charge in [-0.05, 0) is 24.0 Å². The van der Waals surface area contributed by atoms with Crippen LogP contribution in [0.15, 0.2) is 29.8 Å². The van der Waals surface area contributed by atoms with Crippen molar-refractivity contribution < 1.29 is 0 Å². The molecule has 0 aliphatic heterocycles. The molecule has 0 heterocycles. The van der Waals surface area contributed by atoms with Gasteiger partial charge in [0.2, 0.25) is 0 Å². The van der Waals surface area contributed by atoms with E-state index >= 15 is 0 Å². The van der Waals surface area contributed by atoms with Crippen LogP contribution in [0.4, 0.5) is 0 Å². The van der Waals surface area contributed by atoms with Crippen molar-refractivity contribution >= 4 is 6.08 Å². The molecule has 21 heavy (non-hydrogen) atoms. The second-order valence-corrected chi connectivity index (χ2v) is 7.11. The number of hydrogen-bond donors (Lipinski definition) is 0. The summed E-state index contributed by atoms with van der Waals surface area (Å²) in [4.78, 5) is 0. The molecule has 1 aromatic rings. The highest BCUT2D eigenvalue weighted by molar-refractivity contribution is 5.68. The van der Waals surface area contributed by atoms with Gasteiger partial charge < -0.3 is 0 Å². The van der Waals surface area contributed by atoms with Gasteiger partial charge >= 0.3 is 0 Å². The number of allylic oxidation sites excluding steroid dienone is 1. The first-order valence-corrected chi connectivity index (χ1v) is 8.97. The number of unbranched alkanes of at least 4 members (excludes halogenated alkanes) is 7. The summed E-state index contributed by atoms with van der Waals surface area (Å²) in [5.74, 6) is 0. The minimum atomic E-state index is 0.248. The first kappa shape index (κ1) is 16.3. The van der Waals surface area contributed by atoms with Gasteiger partial charge in [0.1, 0.15) is 0 Å². The molecule has 0 aromatic heterocycles. The van der Waals surface area contributed by atoms with Crippen molar-refractivity contribution in [2.45, 2.75) is 84.0 Å². The van der Waals surface area contributed by atoms with E-state index in [1.807, 2.05) is 0 Å². The van der Waals surface area contributed by atoms with Crippen LogP contribution in [0.1, 0.15) is 89.7 Å². The molecule has 116 valence electrons. The molecule has 1 aliphatic rings. The zero-order chi connectivity index (χ0) is 15.1. The highest BCUT2D eigenvalue weighted by Gasteiger charge is 2.31. The Bertz CT molecular complexity index is 465. The number of benzene rings is 1. The van der Waals surface area contributed by atoms with Crippen molar-refractivity contribution in [1.82, 2.24) is 0 Å². The molecule has 0 amide bonds. The van der Waals surface area contributed by atoms with Gasteiger partial charge in [-0.1, -0.05) is 102 Å². The maximum absolute atomic E-state index is 2.44. The predicted octanol–water partition coefficient (Wildman–Crippen LogP) is 6.89. The summed E-state index contributed by atoms with van der Waals surface area (Å²) in [7, 11) is 0. The maximum atomic E-state index is 2.44. The second-order valence-electron chi connectivity index (χ2n) is 7.11. The van der Waals surface area contributed by atoms with E-state index in [0.717, 1.165) is 0 Å². The van der Waals surface area contributed by atoms with E-state index in [9.17, 15) is 0 Å². The molecule has 0 saturated heterocycles. The Kier molecular flexibility index (Phi) is 6.08. The first-order valence-electron chi connectivity index (χ1n) is 8.97. The van der Waals surface area contributed by atoms with E-state index in [1.165, 1.54) is 68.9 Å². The predicted molar refractivity (Wildman–Crippen MR) is 94.7 cm³/mol. The minimum Gasteiger partial charge on any atom is -0.0654 e. The van der Waals surface area contributed by atoms with Gasteiger partial charge in [-0.25, -0.2) is 0 Å². The Labute approximate surface area is 131 Å². The summed E-state index contributed by atoms with van der Waals surface area (Å²) in [6.07, 6.45) is 15.0. The number of fused-ring (bicyclic) bond motifs is 1. The van der Waals surface area contributed by atoms with E-state index in [2.05, 4.69) is 51.1 Å². The molecule has 0 nitrogen and oxygen atoms in total. The number of rotatable bonds is 9. The highest BCUT2D eigenvalue weighted by atomic mass is 14.3. The molecular formula is C21H32. The second kappa shape index (κ2) is 7.82. The smallest absolute Gasteiger partial charge is 0.0114 e. The minimum absolute atomic E-state index is 0.248. The first-order chi connectivity index (χ1) is 10.2. The van der Waals surface area contributed by atoms with Crippen molar-refractivity contribution in [2.75, 3.05) is 0 Å². The van der Waals surface area contributed by atoms with Gasteiger partial charge in [-0.2, -0.15) is 0 Å². The standard InChI is InChI=1S/C21H32/c1-4-5-6-7-8-9-10-11-15-19-17-18-14-12-13-16-20(18)21(19,2)3/h12-14,16-17H,4-11,15H2,1-3H3. The molecule has 0 saturated carbocycles. The molecule has 0 bridgehead atoms. The summed E-state index contributed by atoms with van der Waals surface area (Å²) < 4.78 is 0. The van der Waals surface area contributed by atoms with Gasteiger partial charge in [-0.15, -0.1) is 0 Å². The maximum Gasteiger partial charge on any atom is 0.0114 e.